The van der Waals surface area contributed by atoms with Crippen LogP contribution >= 0.6 is 34.8 Å². The van der Waals surface area contributed by atoms with Crippen molar-refractivity contribution in [3.05, 3.63) is 105 Å². The van der Waals surface area contributed by atoms with E-state index in [1.54, 1.807) is 6.92 Å². The summed E-state index contributed by atoms with van der Waals surface area (Å²) in [6.45, 7) is 1.61. The summed E-state index contributed by atoms with van der Waals surface area (Å²) >= 11 is 18.3. The molecule has 0 aliphatic carbocycles. The average Bonchev–Trinajstić information content (AvgIpc) is 2.62. The van der Waals surface area contributed by atoms with Crippen LogP contribution in [0.25, 0.3) is 0 Å². The van der Waals surface area contributed by atoms with Gasteiger partial charge in [-0.15, -0.1) is 0 Å². The Morgan fingerprint density at radius 2 is 0.923 bits per heavy atom. The van der Waals surface area contributed by atoms with Gasteiger partial charge in [-0.1, -0.05) is 71.2 Å². The Morgan fingerprint density at radius 3 is 1.15 bits per heavy atom. The quantitative estimate of drug-likeness (QED) is 0.421. The summed E-state index contributed by atoms with van der Waals surface area (Å²) in [4.78, 5) is 12.3. The number of hydrogen-bond donors (Lipinski definition) is 0. The Labute approximate surface area is 168 Å². The Balaban J connectivity index is 2.33. The van der Waals surface area contributed by atoms with E-state index in [2.05, 4.69) is 0 Å². The summed E-state index contributed by atoms with van der Waals surface area (Å²) in [5, 5.41) is 1.95. The number of carbonyl (C=O) groups is 1. The van der Waals surface area contributed by atoms with Crippen LogP contribution in [0.15, 0.2) is 72.8 Å². The summed E-state index contributed by atoms with van der Waals surface area (Å²) in [7, 11) is 0. The van der Waals surface area contributed by atoms with Crippen LogP contribution in [0.4, 0.5) is 0 Å². The van der Waals surface area contributed by atoms with Crippen molar-refractivity contribution in [1.29, 1.82) is 0 Å². The van der Waals surface area contributed by atoms with Crippen LogP contribution in [-0.4, -0.2) is 5.78 Å². The van der Waals surface area contributed by atoms with Gasteiger partial charge in [0.2, 0.25) is 0 Å². The lowest BCUT2D eigenvalue weighted by Gasteiger charge is -2.35. The largest absolute Gasteiger partial charge is 0.300 e. The third-order valence-corrected chi connectivity index (χ3v) is 5.28. The smallest absolute Gasteiger partial charge is 0.131 e. The topological polar surface area (TPSA) is 17.1 Å². The SMILES string of the molecule is CC(=O)CC(c1ccc(Cl)cc1)(c1ccc(Cl)cc1)c1ccc(Cl)cc1. The number of hydrogen-bond acceptors (Lipinski definition) is 1. The molecule has 132 valence electrons. The van der Waals surface area contributed by atoms with Crippen molar-refractivity contribution in [3.63, 3.8) is 0 Å². The van der Waals surface area contributed by atoms with Gasteiger partial charge in [0, 0.05) is 21.5 Å². The molecule has 0 saturated heterocycles. The molecule has 3 aromatic carbocycles. The molecule has 0 aromatic heterocycles. The van der Waals surface area contributed by atoms with E-state index in [0.29, 0.717) is 21.5 Å². The first-order valence-corrected chi connectivity index (χ1v) is 9.33. The first-order chi connectivity index (χ1) is 12.4. The second-order valence-electron chi connectivity index (χ2n) is 6.30. The minimum absolute atomic E-state index is 0.0878. The zero-order valence-corrected chi connectivity index (χ0v) is 16.4. The third kappa shape index (κ3) is 3.81. The predicted octanol–water partition coefficient (Wildman–Crippen LogP) is 6.96. The lowest BCUT2D eigenvalue weighted by Crippen LogP contribution is -2.31. The molecule has 0 spiro atoms. The van der Waals surface area contributed by atoms with Gasteiger partial charge in [-0.05, 0) is 60.0 Å². The third-order valence-electron chi connectivity index (χ3n) is 4.53. The van der Waals surface area contributed by atoms with Crippen molar-refractivity contribution in [2.24, 2.45) is 0 Å². The molecule has 0 N–H and O–H groups in total. The molecule has 0 aliphatic heterocycles. The Hall–Kier alpha value is -1.80. The molecular weight excluding hydrogens is 387 g/mol. The van der Waals surface area contributed by atoms with Crippen molar-refractivity contribution in [1.82, 2.24) is 0 Å². The van der Waals surface area contributed by atoms with Gasteiger partial charge in [0.1, 0.15) is 5.78 Å². The number of benzene rings is 3. The highest BCUT2D eigenvalue weighted by Crippen LogP contribution is 2.43. The average molecular weight is 404 g/mol. The van der Waals surface area contributed by atoms with Gasteiger partial charge in [-0.25, -0.2) is 0 Å². The maximum Gasteiger partial charge on any atom is 0.131 e. The van der Waals surface area contributed by atoms with Crippen molar-refractivity contribution in [2.45, 2.75) is 18.8 Å². The maximum atomic E-state index is 12.3. The number of ketones is 1. The van der Waals surface area contributed by atoms with Crippen LogP contribution in [0.3, 0.4) is 0 Å². The van der Waals surface area contributed by atoms with Crippen molar-refractivity contribution >= 4 is 40.6 Å². The lowest BCUT2D eigenvalue weighted by molar-refractivity contribution is -0.117. The van der Waals surface area contributed by atoms with Crippen LogP contribution < -0.4 is 0 Å². The Kier molecular flexibility index (Phi) is 5.72. The van der Waals surface area contributed by atoms with E-state index in [-0.39, 0.29) is 5.78 Å². The van der Waals surface area contributed by atoms with E-state index in [1.165, 1.54) is 0 Å². The number of Topliss-reactive ketones (excluding diaryl/α,β-unsaturated/α-hetero) is 1. The summed E-state index contributed by atoms with van der Waals surface area (Å²) in [5.74, 6) is 0.0878. The van der Waals surface area contributed by atoms with Gasteiger partial charge < -0.3 is 0 Å². The van der Waals surface area contributed by atoms with Gasteiger partial charge in [-0.2, -0.15) is 0 Å². The first-order valence-electron chi connectivity index (χ1n) is 8.19. The molecular formula is C22H17Cl3O. The van der Waals surface area contributed by atoms with Crippen LogP contribution in [0.2, 0.25) is 15.1 Å². The van der Waals surface area contributed by atoms with Crippen LogP contribution in [0.5, 0.6) is 0 Å². The van der Waals surface area contributed by atoms with Gasteiger partial charge in [0.05, 0.1) is 5.41 Å². The number of carbonyl (C=O) groups excluding carboxylic acids is 1. The van der Waals surface area contributed by atoms with E-state index in [1.807, 2.05) is 72.8 Å². The standard InChI is InChI=1S/C22H17Cl3O/c1-15(26)14-22(16-2-8-19(23)9-3-16,17-4-10-20(24)11-5-17)18-6-12-21(25)13-7-18/h2-13H,14H2,1H3. The van der Waals surface area contributed by atoms with E-state index < -0.39 is 5.41 Å². The minimum Gasteiger partial charge on any atom is -0.300 e. The van der Waals surface area contributed by atoms with Crippen LogP contribution in [0, 0.1) is 0 Å². The van der Waals surface area contributed by atoms with Crippen LogP contribution in [-0.2, 0) is 10.2 Å². The molecule has 3 rings (SSSR count). The molecule has 0 aliphatic rings. The zero-order chi connectivity index (χ0) is 18.7. The summed E-state index contributed by atoms with van der Waals surface area (Å²) in [5.41, 5.74) is 2.32. The second-order valence-corrected chi connectivity index (χ2v) is 7.61. The molecule has 0 unspecified atom stereocenters. The fraction of sp³-hybridized carbons (Fsp3) is 0.136. The first kappa shape index (κ1) is 19.0. The molecule has 26 heavy (non-hydrogen) atoms. The van der Waals surface area contributed by atoms with Crippen molar-refractivity contribution in [3.8, 4) is 0 Å². The highest BCUT2D eigenvalue weighted by Gasteiger charge is 2.37. The molecule has 1 nitrogen and oxygen atoms in total. The number of halogens is 3. The molecule has 0 fully saturated rings. The molecule has 0 heterocycles. The normalized spacial score (nSPS) is 11.4. The number of rotatable bonds is 5. The van der Waals surface area contributed by atoms with Crippen molar-refractivity contribution < 1.29 is 4.79 Å². The molecule has 3 aromatic rings. The maximum absolute atomic E-state index is 12.3. The van der Waals surface area contributed by atoms with E-state index in [9.17, 15) is 4.79 Å². The van der Waals surface area contributed by atoms with E-state index >= 15 is 0 Å². The van der Waals surface area contributed by atoms with Crippen LogP contribution in [0.1, 0.15) is 30.0 Å². The molecule has 0 bridgehead atoms. The molecule has 0 amide bonds. The molecule has 0 atom stereocenters. The zero-order valence-electron chi connectivity index (χ0n) is 14.2. The van der Waals surface area contributed by atoms with Gasteiger partial charge in [0.25, 0.3) is 0 Å². The fourth-order valence-electron chi connectivity index (χ4n) is 3.38. The predicted molar refractivity (Wildman–Crippen MR) is 110 cm³/mol. The van der Waals surface area contributed by atoms with Crippen molar-refractivity contribution in [2.75, 3.05) is 0 Å². The molecule has 4 heteroatoms. The van der Waals surface area contributed by atoms with Gasteiger partial charge >= 0.3 is 0 Å². The summed E-state index contributed by atoms with van der Waals surface area (Å²) in [6, 6.07) is 22.9. The summed E-state index contributed by atoms with van der Waals surface area (Å²) in [6.07, 6.45) is 0.317. The monoisotopic (exact) mass is 402 g/mol. The van der Waals surface area contributed by atoms with E-state index in [4.69, 9.17) is 34.8 Å². The molecule has 0 radical (unpaired) electrons. The highest BCUT2D eigenvalue weighted by atomic mass is 35.5. The van der Waals surface area contributed by atoms with Gasteiger partial charge in [0.15, 0.2) is 0 Å². The van der Waals surface area contributed by atoms with E-state index in [0.717, 1.165) is 16.7 Å². The highest BCUT2D eigenvalue weighted by molar-refractivity contribution is 6.31. The Morgan fingerprint density at radius 1 is 0.654 bits per heavy atom. The fourth-order valence-corrected chi connectivity index (χ4v) is 3.76. The lowest BCUT2D eigenvalue weighted by atomic mass is 9.66. The molecule has 0 saturated carbocycles. The minimum atomic E-state index is -0.647. The summed E-state index contributed by atoms with van der Waals surface area (Å²) < 4.78 is 0. The Bertz CT molecular complexity index is 787. The van der Waals surface area contributed by atoms with Gasteiger partial charge in [-0.3, -0.25) is 4.79 Å². The second kappa shape index (κ2) is 7.84.